The molecule has 7 nitrogen and oxygen atoms in total. The number of carbonyl (C=O) groups is 2. The standard InChI is InChI=1S/C28H28N4O3S2/c1-19-8-10-22(11-9-19)32-28-25(26(30-32)20-6-4-3-5-7-20)27(21-12-15-36-17-21)37-18-24(34)31(28)16-23(33)29-13-14-35-2/h3-12,15,17,27H,13-14,16,18H2,1-2H3,(H,29,33). The largest absolute Gasteiger partial charge is 0.383 e. The lowest BCUT2D eigenvalue weighted by Crippen LogP contribution is -2.43. The Morgan fingerprint density at radius 1 is 1.14 bits per heavy atom. The van der Waals surface area contributed by atoms with E-state index in [2.05, 4.69) is 22.1 Å². The summed E-state index contributed by atoms with van der Waals surface area (Å²) in [6.07, 6.45) is 0. The van der Waals surface area contributed by atoms with Crippen LogP contribution in [0.25, 0.3) is 16.9 Å². The maximum absolute atomic E-state index is 13.6. The fourth-order valence-electron chi connectivity index (χ4n) is 4.37. The first-order valence-electron chi connectivity index (χ1n) is 12.0. The summed E-state index contributed by atoms with van der Waals surface area (Å²) in [7, 11) is 1.59. The molecule has 1 N–H and O–H groups in total. The highest BCUT2D eigenvalue weighted by Gasteiger charge is 2.37. The Hall–Kier alpha value is -3.40. The number of carbonyl (C=O) groups excluding carboxylic acids is 2. The van der Waals surface area contributed by atoms with E-state index in [1.54, 1.807) is 35.1 Å². The lowest BCUT2D eigenvalue weighted by Gasteiger charge is -2.23. The van der Waals surface area contributed by atoms with Crippen LogP contribution in [-0.4, -0.2) is 54.2 Å². The third-order valence-corrected chi connectivity index (χ3v) is 8.15. The van der Waals surface area contributed by atoms with Crippen LogP contribution in [0.4, 0.5) is 5.82 Å². The number of aromatic nitrogens is 2. The van der Waals surface area contributed by atoms with Crippen LogP contribution in [0.2, 0.25) is 0 Å². The average Bonchev–Trinajstić information content (AvgIpc) is 3.55. The van der Waals surface area contributed by atoms with Gasteiger partial charge in [0.15, 0.2) is 0 Å². The molecular formula is C28H28N4O3S2. The molecule has 3 heterocycles. The third kappa shape index (κ3) is 5.34. The second-order valence-electron chi connectivity index (χ2n) is 8.77. The van der Waals surface area contributed by atoms with E-state index in [4.69, 9.17) is 9.84 Å². The maximum atomic E-state index is 13.6. The van der Waals surface area contributed by atoms with E-state index in [0.717, 1.165) is 33.6 Å². The van der Waals surface area contributed by atoms with Gasteiger partial charge in [0, 0.05) is 24.8 Å². The fraction of sp³-hybridized carbons (Fsp3) is 0.250. The number of hydrogen-bond donors (Lipinski definition) is 1. The summed E-state index contributed by atoms with van der Waals surface area (Å²) in [4.78, 5) is 28.1. The molecule has 1 atom stereocenters. The van der Waals surface area contributed by atoms with Crippen molar-refractivity contribution >= 4 is 40.7 Å². The number of methoxy groups -OCH3 is 1. The first-order valence-corrected chi connectivity index (χ1v) is 14.0. The second kappa shape index (κ2) is 11.3. The molecule has 0 aliphatic carbocycles. The van der Waals surface area contributed by atoms with Gasteiger partial charge in [-0.3, -0.25) is 14.5 Å². The number of ether oxygens (including phenoxy) is 1. The van der Waals surface area contributed by atoms with Gasteiger partial charge in [-0.05, 0) is 41.4 Å². The van der Waals surface area contributed by atoms with Gasteiger partial charge in [0.05, 0.1) is 29.0 Å². The number of fused-ring (bicyclic) bond motifs is 1. The number of hydrogen-bond acceptors (Lipinski definition) is 6. The Kier molecular flexibility index (Phi) is 7.73. The van der Waals surface area contributed by atoms with Gasteiger partial charge >= 0.3 is 0 Å². The van der Waals surface area contributed by atoms with Gasteiger partial charge in [-0.2, -0.15) is 16.4 Å². The summed E-state index contributed by atoms with van der Waals surface area (Å²) in [5.74, 6) is 0.519. The topological polar surface area (TPSA) is 76.5 Å². The smallest absolute Gasteiger partial charge is 0.240 e. The zero-order valence-electron chi connectivity index (χ0n) is 20.7. The van der Waals surface area contributed by atoms with Gasteiger partial charge in [-0.1, -0.05) is 48.0 Å². The first-order chi connectivity index (χ1) is 18.1. The molecule has 2 aromatic carbocycles. The van der Waals surface area contributed by atoms with Crippen LogP contribution in [0.1, 0.15) is 21.9 Å². The molecule has 5 rings (SSSR count). The number of rotatable bonds is 8. The maximum Gasteiger partial charge on any atom is 0.240 e. The van der Waals surface area contributed by atoms with Crippen molar-refractivity contribution < 1.29 is 14.3 Å². The molecule has 37 heavy (non-hydrogen) atoms. The number of thiophene rings is 1. The summed E-state index contributed by atoms with van der Waals surface area (Å²) in [6.45, 7) is 2.72. The Balaban J connectivity index is 1.72. The third-order valence-electron chi connectivity index (χ3n) is 6.19. The van der Waals surface area contributed by atoms with Crippen molar-refractivity contribution in [2.45, 2.75) is 12.2 Å². The first kappa shape index (κ1) is 25.3. The number of aryl methyl sites for hydroxylation is 1. The Morgan fingerprint density at radius 3 is 2.62 bits per heavy atom. The van der Waals surface area contributed by atoms with Crippen LogP contribution in [-0.2, 0) is 14.3 Å². The molecule has 1 unspecified atom stereocenters. The van der Waals surface area contributed by atoms with Crippen LogP contribution in [0.3, 0.4) is 0 Å². The highest BCUT2D eigenvalue weighted by Crippen LogP contribution is 2.48. The molecule has 0 fully saturated rings. The molecule has 9 heteroatoms. The predicted molar refractivity (Wildman–Crippen MR) is 150 cm³/mol. The van der Waals surface area contributed by atoms with Crippen molar-refractivity contribution in [2.75, 3.05) is 37.5 Å². The van der Waals surface area contributed by atoms with Crippen molar-refractivity contribution in [3.8, 4) is 16.9 Å². The predicted octanol–water partition coefficient (Wildman–Crippen LogP) is 4.84. The summed E-state index contributed by atoms with van der Waals surface area (Å²) >= 11 is 3.20. The van der Waals surface area contributed by atoms with Gasteiger partial charge < -0.3 is 10.1 Å². The molecule has 1 aliphatic rings. The van der Waals surface area contributed by atoms with Gasteiger partial charge in [0.1, 0.15) is 12.4 Å². The molecule has 0 bridgehead atoms. The lowest BCUT2D eigenvalue weighted by atomic mass is 10.0. The zero-order chi connectivity index (χ0) is 25.8. The second-order valence-corrected chi connectivity index (χ2v) is 10.6. The minimum absolute atomic E-state index is 0.0990. The number of thioether (sulfide) groups is 1. The van der Waals surface area contributed by atoms with Crippen LogP contribution in [0.15, 0.2) is 71.4 Å². The van der Waals surface area contributed by atoms with Crippen molar-refractivity contribution in [3.05, 3.63) is 88.1 Å². The van der Waals surface area contributed by atoms with E-state index in [1.807, 2.05) is 66.2 Å². The molecule has 0 radical (unpaired) electrons. The fourth-order valence-corrected chi connectivity index (χ4v) is 6.33. The van der Waals surface area contributed by atoms with Crippen LogP contribution in [0.5, 0.6) is 0 Å². The van der Waals surface area contributed by atoms with E-state index in [9.17, 15) is 9.59 Å². The van der Waals surface area contributed by atoms with Crippen molar-refractivity contribution in [2.24, 2.45) is 0 Å². The van der Waals surface area contributed by atoms with E-state index in [-0.39, 0.29) is 29.4 Å². The van der Waals surface area contributed by atoms with Crippen molar-refractivity contribution in [1.82, 2.24) is 15.1 Å². The molecule has 0 saturated carbocycles. The highest BCUT2D eigenvalue weighted by molar-refractivity contribution is 8.00. The monoisotopic (exact) mass is 532 g/mol. The van der Waals surface area contributed by atoms with E-state index >= 15 is 0 Å². The molecule has 2 aromatic heterocycles. The molecular weight excluding hydrogens is 504 g/mol. The number of benzene rings is 2. The van der Waals surface area contributed by atoms with Crippen LogP contribution in [0, 0.1) is 6.92 Å². The Morgan fingerprint density at radius 2 is 1.92 bits per heavy atom. The van der Waals surface area contributed by atoms with Crippen molar-refractivity contribution in [3.63, 3.8) is 0 Å². The summed E-state index contributed by atoms with van der Waals surface area (Å²) in [5, 5.41) is 12.0. The Labute approximate surface area is 224 Å². The molecule has 4 aromatic rings. The molecule has 1 aliphatic heterocycles. The summed E-state index contributed by atoms with van der Waals surface area (Å²) in [5.41, 5.74) is 5.78. The molecule has 0 spiro atoms. The van der Waals surface area contributed by atoms with Gasteiger partial charge in [0.2, 0.25) is 11.8 Å². The molecule has 2 amide bonds. The van der Waals surface area contributed by atoms with Crippen LogP contribution < -0.4 is 10.2 Å². The van der Waals surface area contributed by atoms with E-state index in [0.29, 0.717) is 19.0 Å². The van der Waals surface area contributed by atoms with Gasteiger partial charge in [-0.25, -0.2) is 4.68 Å². The van der Waals surface area contributed by atoms with E-state index < -0.39 is 0 Å². The highest BCUT2D eigenvalue weighted by atomic mass is 32.2. The number of amides is 2. The number of anilines is 1. The number of nitrogens with zero attached hydrogens (tertiary/aromatic N) is 3. The van der Waals surface area contributed by atoms with Crippen molar-refractivity contribution in [1.29, 1.82) is 0 Å². The summed E-state index contributed by atoms with van der Waals surface area (Å²) < 4.78 is 6.88. The minimum atomic E-state index is -0.242. The Bertz CT molecular complexity index is 1370. The number of nitrogens with one attached hydrogen (secondary N) is 1. The minimum Gasteiger partial charge on any atom is -0.383 e. The quantitative estimate of drug-likeness (QED) is 0.329. The SMILES string of the molecule is COCCNC(=O)CN1C(=O)CSC(c2ccsc2)c2c(-c3ccccc3)nn(-c3ccc(C)cc3)c21. The average molecular weight is 533 g/mol. The summed E-state index contributed by atoms with van der Waals surface area (Å²) in [6, 6.07) is 20.2. The van der Waals surface area contributed by atoms with Gasteiger partial charge in [-0.15, -0.1) is 11.8 Å². The van der Waals surface area contributed by atoms with E-state index in [1.165, 1.54) is 0 Å². The van der Waals surface area contributed by atoms with Gasteiger partial charge in [0.25, 0.3) is 0 Å². The molecule has 190 valence electrons. The lowest BCUT2D eigenvalue weighted by molar-refractivity contribution is -0.123. The zero-order valence-corrected chi connectivity index (χ0v) is 22.3. The van der Waals surface area contributed by atoms with Crippen LogP contribution >= 0.6 is 23.1 Å². The normalized spacial score (nSPS) is 15.4. The molecule has 0 saturated heterocycles.